The van der Waals surface area contributed by atoms with Crippen molar-refractivity contribution in [3.05, 3.63) is 36.0 Å². The highest BCUT2D eigenvalue weighted by molar-refractivity contribution is 5.82. The molecule has 9 nitrogen and oxygen atoms in total. The van der Waals surface area contributed by atoms with Crippen molar-refractivity contribution in [3.8, 4) is 0 Å². The van der Waals surface area contributed by atoms with Crippen molar-refractivity contribution in [3.63, 3.8) is 0 Å². The topological polar surface area (TPSA) is 146 Å². The van der Waals surface area contributed by atoms with Gasteiger partial charge in [-0.15, -0.1) is 0 Å². The minimum Gasteiger partial charge on any atom is -0.459 e. The zero-order valence-corrected chi connectivity index (χ0v) is 19.0. The molecule has 0 bridgehead atoms. The molecule has 0 unspecified atom stereocenters. The molecule has 2 rings (SSSR count). The summed E-state index contributed by atoms with van der Waals surface area (Å²) in [6.07, 6.45) is 0.782. The van der Waals surface area contributed by atoms with E-state index in [4.69, 9.17) is 14.2 Å². The molecule has 0 amide bonds. The van der Waals surface area contributed by atoms with Gasteiger partial charge in [0.05, 0.1) is 18.3 Å². The molecular weight excluding hydrogens is 420 g/mol. The Morgan fingerprint density at radius 3 is 2.50 bits per heavy atom. The Hall–Kier alpha value is -1.59. The fourth-order valence-electron chi connectivity index (χ4n) is 3.47. The van der Waals surface area contributed by atoms with Crippen LogP contribution in [0.4, 0.5) is 0 Å². The molecule has 0 aromatic heterocycles. The highest BCUT2D eigenvalue weighted by atomic mass is 16.7. The molecule has 0 aromatic rings. The predicted molar refractivity (Wildman–Crippen MR) is 115 cm³/mol. The molecule has 0 aromatic carbocycles. The van der Waals surface area contributed by atoms with Crippen molar-refractivity contribution in [2.24, 2.45) is 5.92 Å². The van der Waals surface area contributed by atoms with Gasteiger partial charge in [0, 0.05) is 6.08 Å². The number of hydrogen-bond acceptors (Lipinski definition) is 9. The summed E-state index contributed by atoms with van der Waals surface area (Å²) in [5, 5.41) is 50.3. The van der Waals surface area contributed by atoms with Gasteiger partial charge in [0.2, 0.25) is 0 Å². The second kappa shape index (κ2) is 11.5. The molecule has 2 aliphatic rings. The van der Waals surface area contributed by atoms with E-state index < -0.39 is 55.0 Å². The molecular formula is C23H36O9. The monoisotopic (exact) mass is 456 g/mol. The minimum atomic E-state index is -1.56. The number of esters is 1. The van der Waals surface area contributed by atoms with Crippen LogP contribution >= 0.6 is 0 Å². The van der Waals surface area contributed by atoms with E-state index in [2.05, 4.69) is 0 Å². The van der Waals surface area contributed by atoms with E-state index in [0.29, 0.717) is 6.42 Å². The zero-order chi connectivity index (χ0) is 24.1. The molecule has 0 radical (unpaired) electrons. The van der Waals surface area contributed by atoms with E-state index >= 15 is 0 Å². The Kier molecular flexibility index (Phi) is 9.59. The van der Waals surface area contributed by atoms with Crippen LogP contribution in [-0.2, 0) is 19.0 Å². The Balaban J connectivity index is 2.30. The Bertz CT molecular complexity index is 712. The van der Waals surface area contributed by atoms with Gasteiger partial charge in [0.25, 0.3) is 0 Å². The lowest BCUT2D eigenvalue weighted by Crippen LogP contribution is -2.59. The average Bonchev–Trinajstić information content (AvgIpc) is 2.74. The lowest BCUT2D eigenvalue weighted by atomic mass is 9.97. The first-order valence-corrected chi connectivity index (χ1v) is 10.9. The first-order valence-electron chi connectivity index (χ1n) is 10.9. The Morgan fingerprint density at radius 2 is 1.84 bits per heavy atom. The molecule has 32 heavy (non-hydrogen) atoms. The second-order valence-corrected chi connectivity index (χ2v) is 8.82. The fraction of sp³-hybridized carbons (Fsp3) is 0.696. The summed E-state index contributed by atoms with van der Waals surface area (Å²) < 4.78 is 16.7. The van der Waals surface area contributed by atoms with Gasteiger partial charge in [-0.3, -0.25) is 0 Å². The smallest absolute Gasteiger partial charge is 0.330 e. The van der Waals surface area contributed by atoms with Crippen LogP contribution < -0.4 is 0 Å². The molecule has 1 saturated heterocycles. The van der Waals surface area contributed by atoms with Gasteiger partial charge in [-0.1, -0.05) is 25.2 Å². The highest BCUT2D eigenvalue weighted by Crippen LogP contribution is 2.26. The first kappa shape index (κ1) is 26.7. The van der Waals surface area contributed by atoms with E-state index in [1.54, 1.807) is 6.08 Å². The number of ether oxygens (including phenoxy) is 3. The third-order valence-electron chi connectivity index (χ3n) is 5.93. The first-order chi connectivity index (χ1) is 14.9. The lowest BCUT2D eigenvalue weighted by molar-refractivity contribution is -0.305. The van der Waals surface area contributed by atoms with Crippen molar-refractivity contribution in [2.75, 3.05) is 6.61 Å². The van der Waals surface area contributed by atoms with Crippen LogP contribution in [0.3, 0.4) is 0 Å². The van der Waals surface area contributed by atoms with Crippen molar-refractivity contribution < 1.29 is 44.5 Å². The number of allylic oxidation sites excluding steroid dienone is 1. The maximum atomic E-state index is 12.0. The summed E-state index contributed by atoms with van der Waals surface area (Å²) in [6.45, 7) is 6.54. The average molecular weight is 457 g/mol. The molecule has 9 atom stereocenters. The maximum absolute atomic E-state index is 12.0. The summed E-state index contributed by atoms with van der Waals surface area (Å²) in [5.41, 5.74) is -0.721. The van der Waals surface area contributed by atoms with Crippen LogP contribution in [0.1, 0.15) is 40.5 Å². The van der Waals surface area contributed by atoms with Gasteiger partial charge in [-0.25, -0.2) is 4.79 Å². The number of aliphatic hydroxyl groups excluding tert-OH is 4. The zero-order valence-electron chi connectivity index (χ0n) is 19.0. The van der Waals surface area contributed by atoms with Gasteiger partial charge >= 0.3 is 5.97 Å². The van der Waals surface area contributed by atoms with Crippen LogP contribution in [0, 0.1) is 5.92 Å². The van der Waals surface area contributed by atoms with Gasteiger partial charge in [-0.05, 0) is 51.2 Å². The summed E-state index contributed by atoms with van der Waals surface area (Å²) in [6, 6.07) is 0. The molecule has 2 aliphatic heterocycles. The number of hydrogen-bond donors (Lipinski definition) is 5. The fourth-order valence-corrected chi connectivity index (χ4v) is 3.47. The molecule has 0 saturated carbocycles. The second-order valence-electron chi connectivity index (χ2n) is 8.82. The van der Waals surface area contributed by atoms with Crippen LogP contribution in [0.2, 0.25) is 0 Å². The largest absolute Gasteiger partial charge is 0.459 e. The number of carbonyl (C=O) groups excluding carboxylic acids is 1. The quantitative estimate of drug-likeness (QED) is 0.300. The van der Waals surface area contributed by atoms with Crippen LogP contribution in [0.15, 0.2) is 36.0 Å². The van der Waals surface area contributed by atoms with E-state index in [9.17, 15) is 30.3 Å². The number of rotatable bonds is 3. The summed E-state index contributed by atoms with van der Waals surface area (Å²) in [5.74, 6) is -0.448. The summed E-state index contributed by atoms with van der Waals surface area (Å²) >= 11 is 0. The van der Waals surface area contributed by atoms with Crippen molar-refractivity contribution in [2.45, 2.75) is 89.1 Å². The van der Waals surface area contributed by atoms with Gasteiger partial charge < -0.3 is 39.7 Å². The van der Waals surface area contributed by atoms with Crippen molar-refractivity contribution in [1.82, 2.24) is 0 Å². The highest BCUT2D eigenvalue weighted by Gasteiger charge is 2.44. The van der Waals surface area contributed by atoms with Gasteiger partial charge in [0.15, 0.2) is 6.29 Å². The van der Waals surface area contributed by atoms with Crippen molar-refractivity contribution >= 4 is 5.97 Å². The van der Waals surface area contributed by atoms with E-state index in [0.717, 1.165) is 12.0 Å². The number of carbonyl (C=O) groups is 1. The molecule has 182 valence electrons. The number of cyclic esters (lactones) is 1. The molecule has 5 N–H and O–H groups in total. The SMILES string of the molecule is CC1=CCC[C@H](C)[C@@H](C)OC(=O)C=C[C@](C)(O)C=C[C@@H]1O[C@H]1O[C@H](CO)[C@@H](O)[C@H](O)[C@H]1O. The Labute approximate surface area is 188 Å². The van der Waals surface area contributed by atoms with Crippen molar-refractivity contribution in [1.29, 1.82) is 0 Å². The van der Waals surface area contributed by atoms with E-state index in [1.807, 2.05) is 26.8 Å². The summed E-state index contributed by atoms with van der Waals surface area (Å²) in [7, 11) is 0. The summed E-state index contributed by atoms with van der Waals surface area (Å²) in [4.78, 5) is 12.0. The molecule has 9 heteroatoms. The van der Waals surface area contributed by atoms with Crippen LogP contribution in [0.5, 0.6) is 0 Å². The molecule has 1 fully saturated rings. The van der Waals surface area contributed by atoms with E-state index in [-0.39, 0.29) is 12.0 Å². The van der Waals surface area contributed by atoms with Crippen LogP contribution in [-0.4, -0.2) is 86.6 Å². The molecule has 0 aliphatic carbocycles. The standard InChI is InChI=1S/C23H36O9/c1-13-6-5-7-14(2)16(8-10-23(4,29)11-9-18(25)30-15(13)3)31-22-21(28)20(27)19(26)17(12-24)32-22/h7-11,13,15-17,19-22,24,26-29H,5-6,12H2,1-4H3/t13-,15+,16-,17+,19+,20-,21+,22-,23+/m0/s1. The number of aliphatic hydroxyl groups is 5. The predicted octanol–water partition coefficient (Wildman–Crippen LogP) is 0.343. The van der Waals surface area contributed by atoms with Gasteiger partial charge in [0.1, 0.15) is 30.5 Å². The molecule has 0 spiro atoms. The normalized spacial score (nSPS) is 42.2. The molecule has 2 heterocycles. The van der Waals surface area contributed by atoms with E-state index in [1.165, 1.54) is 25.2 Å². The van der Waals surface area contributed by atoms with Gasteiger partial charge in [-0.2, -0.15) is 0 Å². The van der Waals surface area contributed by atoms with Crippen LogP contribution in [0.25, 0.3) is 0 Å². The lowest BCUT2D eigenvalue weighted by Gasteiger charge is -2.40. The minimum absolute atomic E-state index is 0.0974. The Morgan fingerprint density at radius 1 is 1.16 bits per heavy atom. The maximum Gasteiger partial charge on any atom is 0.330 e. The third-order valence-corrected chi connectivity index (χ3v) is 5.93. The third kappa shape index (κ3) is 7.21.